The Morgan fingerprint density at radius 2 is 1.91 bits per heavy atom. The number of hydrogen-bond donors (Lipinski definition) is 1. The quantitative estimate of drug-likeness (QED) is 0.827. The van der Waals surface area contributed by atoms with E-state index in [0.29, 0.717) is 12.1 Å². The molecule has 1 aromatic carbocycles. The van der Waals surface area contributed by atoms with E-state index in [1.807, 2.05) is 4.90 Å². The molecule has 128 valence electrons. The number of halogens is 4. The van der Waals surface area contributed by atoms with Gasteiger partial charge in [-0.1, -0.05) is 12.1 Å². The van der Waals surface area contributed by atoms with Crippen molar-refractivity contribution in [3.8, 4) is 0 Å². The van der Waals surface area contributed by atoms with Crippen LogP contribution in [0.3, 0.4) is 0 Å². The molecule has 0 saturated carbocycles. The topological polar surface area (TPSA) is 35.6 Å². The Bertz CT molecular complexity index is 550. The molecule has 1 aliphatic rings. The van der Waals surface area contributed by atoms with Gasteiger partial charge in [0.2, 0.25) is 5.91 Å². The highest BCUT2D eigenvalue weighted by molar-refractivity contribution is 6.21. The van der Waals surface area contributed by atoms with E-state index in [0.717, 1.165) is 12.1 Å². The molecule has 2 atom stereocenters. The summed E-state index contributed by atoms with van der Waals surface area (Å²) in [4.78, 5) is 15.5. The summed E-state index contributed by atoms with van der Waals surface area (Å²) in [5.74, 6) is -0.120. The Balaban J connectivity index is 1.88. The van der Waals surface area contributed by atoms with Gasteiger partial charge in [0.15, 0.2) is 0 Å². The minimum absolute atomic E-state index is 0.0204. The third-order valence-electron chi connectivity index (χ3n) is 3.85. The molecule has 1 saturated heterocycles. The van der Waals surface area contributed by atoms with Gasteiger partial charge in [-0.3, -0.25) is 15.0 Å². The van der Waals surface area contributed by atoms with E-state index in [4.69, 9.17) is 11.6 Å². The summed E-state index contributed by atoms with van der Waals surface area (Å²) >= 11 is 6.03. The van der Waals surface area contributed by atoms with Crippen molar-refractivity contribution >= 4 is 17.5 Å². The van der Waals surface area contributed by atoms with E-state index in [1.165, 1.54) is 17.0 Å². The lowest BCUT2D eigenvalue weighted by atomic mass is 10.1. The Hall–Kier alpha value is -1.31. The van der Waals surface area contributed by atoms with Crippen molar-refractivity contribution in [2.45, 2.75) is 24.3 Å². The van der Waals surface area contributed by atoms with E-state index in [2.05, 4.69) is 5.32 Å². The van der Waals surface area contributed by atoms with Gasteiger partial charge in [-0.05, 0) is 24.7 Å². The minimum atomic E-state index is -4.35. The number of carbonyl (C=O) groups excluding carboxylic acids is 1. The van der Waals surface area contributed by atoms with E-state index in [1.54, 1.807) is 14.1 Å². The summed E-state index contributed by atoms with van der Waals surface area (Å²) in [5.41, 5.74) is -0.0485. The zero-order chi connectivity index (χ0) is 17.2. The van der Waals surface area contributed by atoms with Gasteiger partial charge in [0.25, 0.3) is 0 Å². The van der Waals surface area contributed by atoms with Crippen molar-refractivity contribution in [3.05, 3.63) is 35.4 Å². The minimum Gasteiger partial charge on any atom is -0.340 e. The predicted molar refractivity (Wildman–Crippen MR) is 82.0 cm³/mol. The predicted octanol–water partition coefficient (Wildman–Crippen LogP) is 2.13. The highest BCUT2D eigenvalue weighted by Gasteiger charge is 2.33. The van der Waals surface area contributed by atoms with Crippen molar-refractivity contribution in [2.24, 2.45) is 0 Å². The molecule has 1 aliphatic heterocycles. The number of alkyl halides is 4. The van der Waals surface area contributed by atoms with Gasteiger partial charge >= 0.3 is 6.18 Å². The number of amides is 1. The van der Waals surface area contributed by atoms with Crippen molar-refractivity contribution in [1.82, 2.24) is 15.1 Å². The number of likely N-dealkylation sites (N-methyl/N-ethyl adjacent to an activating group) is 2. The van der Waals surface area contributed by atoms with Crippen LogP contribution in [0.5, 0.6) is 0 Å². The van der Waals surface area contributed by atoms with Crippen molar-refractivity contribution in [1.29, 1.82) is 0 Å². The molecule has 1 aromatic rings. The molecule has 1 amide bonds. The first-order valence-electron chi connectivity index (χ1n) is 7.16. The van der Waals surface area contributed by atoms with Gasteiger partial charge in [-0.25, -0.2) is 0 Å². The van der Waals surface area contributed by atoms with Gasteiger partial charge < -0.3 is 4.90 Å². The average molecular weight is 350 g/mol. The highest BCUT2D eigenvalue weighted by atomic mass is 35.5. The molecular weight excluding hydrogens is 331 g/mol. The first-order chi connectivity index (χ1) is 10.7. The second-order valence-corrected chi connectivity index (χ2v) is 6.29. The molecule has 4 nitrogen and oxygen atoms in total. The standard InChI is InChI=1S/C15H19ClF3N3O/c1-21(13(23)9-22(2)14-12(16)7-20-14)8-10-3-5-11(6-4-10)15(17,18)19/h3-6,12,14,20H,7-9H2,1-2H3/t12-,14?/m1/s1. The van der Waals surface area contributed by atoms with Crippen LogP contribution >= 0.6 is 11.6 Å². The molecule has 1 heterocycles. The molecule has 0 aliphatic carbocycles. The van der Waals surface area contributed by atoms with Crippen LogP contribution in [0.2, 0.25) is 0 Å². The summed E-state index contributed by atoms with van der Waals surface area (Å²) in [6, 6.07) is 4.82. The third-order valence-corrected chi connectivity index (χ3v) is 4.24. The van der Waals surface area contributed by atoms with Gasteiger partial charge in [-0.15, -0.1) is 11.6 Å². The zero-order valence-electron chi connectivity index (χ0n) is 12.9. The molecule has 1 unspecified atom stereocenters. The zero-order valence-corrected chi connectivity index (χ0v) is 13.7. The Labute approximate surface area is 138 Å². The van der Waals surface area contributed by atoms with Gasteiger partial charge in [-0.2, -0.15) is 13.2 Å². The maximum absolute atomic E-state index is 12.5. The Morgan fingerprint density at radius 3 is 2.35 bits per heavy atom. The summed E-state index contributed by atoms with van der Waals surface area (Å²) in [6.45, 7) is 1.16. The molecule has 23 heavy (non-hydrogen) atoms. The lowest BCUT2D eigenvalue weighted by Gasteiger charge is -2.40. The number of nitrogens with one attached hydrogen (secondary N) is 1. The summed E-state index contributed by atoms with van der Waals surface area (Å²) in [6.07, 6.45) is -4.38. The van der Waals surface area contributed by atoms with Crippen LogP contribution in [0.15, 0.2) is 24.3 Å². The van der Waals surface area contributed by atoms with Crippen LogP contribution < -0.4 is 5.32 Å². The summed E-state index contributed by atoms with van der Waals surface area (Å²) in [5, 5.41) is 3.11. The molecule has 0 radical (unpaired) electrons. The maximum Gasteiger partial charge on any atom is 0.416 e. The average Bonchev–Trinajstić information content (AvgIpc) is 2.45. The summed E-state index contributed by atoms with van der Waals surface area (Å²) in [7, 11) is 3.43. The fraction of sp³-hybridized carbons (Fsp3) is 0.533. The van der Waals surface area contributed by atoms with Gasteiger partial charge in [0, 0.05) is 20.1 Å². The maximum atomic E-state index is 12.5. The molecule has 1 fully saturated rings. The number of carbonyl (C=O) groups is 1. The van der Waals surface area contributed by atoms with E-state index >= 15 is 0 Å². The van der Waals surface area contributed by atoms with Crippen molar-refractivity contribution in [2.75, 3.05) is 27.2 Å². The molecule has 2 rings (SSSR count). The van der Waals surface area contributed by atoms with Crippen LogP contribution in [-0.4, -0.2) is 54.4 Å². The molecule has 0 bridgehead atoms. The lowest BCUT2D eigenvalue weighted by Crippen LogP contribution is -2.63. The first-order valence-corrected chi connectivity index (χ1v) is 7.60. The monoisotopic (exact) mass is 349 g/mol. The molecular formula is C15H19ClF3N3O. The molecule has 0 aromatic heterocycles. The first kappa shape index (κ1) is 18.0. The van der Waals surface area contributed by atoms with Crippen LogP contribution in [0, 0.1) is 0 Å². The number of benzene rings is 1. The van der Waals surface area contributed by atoms with Crippen LogP contribution in [0.1, 0.15) is 11.1 Å². The molecule has 8 heteroatoms. The van der Waals surface area contributed by atoms with E-state index < -0.39 is 11.7 Å². The van der Waals surface area contributed by atoms with E-state index in [9.17, 15) is 18.0 Å². The van der Waals surface area contributed by atoms with Gasteiger partial charge in [0.05, 0.1) is 23.7 Å². The van der Waals surface area contributed by atoms with Gasteiger partial charge in [0.1, 0.15) is 0 Å². The summed E-state index contributed by atoms with van der Waals surface area (Å²) < 4.78 is 37.5. The second kappa shape index (κ2) is 7.07. The van der Waals surface area contributed by atoms with Crippen molar-refractivity contribution in [3.63, 3.8) is 0 Å². The van der Waals surface area contributed by atoms with E-state index in [-0.39, 0.29) is 30.5 Å². The Morgan fingerprint density at radius 1 is 1.30 bits per heavy atom. The second-order valence-electron chi connectivity index (χ2n) is 5.73. The number of nitrogens with zero attached hydrogens (tertiary/aromatic N) is 2. The van der Waals surface area contributed by atoms with Crippen LogP contribution in [-0.2, 0) is 17.5 Å². The number of hydrogen-bond acceptors (Lipinski definition) is 3. The highest BCUT2D eigenvalue weighted by Crippen LogP contribution is 2.29. The largest absolute Gasteiger partial charge is 0.416 e. The molecule has 0 spiro atoms. The lowest BCUT2D eigenvalue weighted by molar-refractivity contribution is -0.137. The number of rotatable bonds is 5. The molecule has 1 N–H and O–H groups in total. The smallest absolute Gasteiger partial charge is 0.340 e. The third kappa shape index (κ3) is 4.59. The van der Waals surface area contributed by atoms with Crippen LogP contribution in [0.4, 0.5) is 13.2 Å². The van der Waals surface area contributed by atoms with Crippen LogP contribution in [0.25, 0.3) is 0 Å². The normalized spacial score (nSPS) is 21.2. The fourth-order valence-electron chi connectivity index (χ4n) is 2.34. The fourth-order valence-corrected chi connectivity index (χ4v) is 2.71. The van der Waals surface area contributed by atoms with Crippen molar-refractivity contribution < 1.29 is 18.0 Å². The SMILES string of the molecule is CN(Cc1ccc(C(F)(F)F)cc1)C(=O)CN(C)C1NC[C@H]1Cl. The Kier molecular flexibility index (Phi) is 5.54.